The van der Waals surface area contributed by atoms with Crippen molar-refractivity contribution in [3.63, 3.8) is 0 Å². The van der Waals surface area contributed by atoms with E-state index in [0.717, 1.165) is 12.8 Å². The first kappa shape index (κ1) is 24.7. The van der Waals surface area contributed by atoms with Gasteiger partial charge in [0.05, 0.1) is 0 Å². The van der Waals surface area contributed by atoms with Gasteiger partial charge in [-0.25, -0.2) is 9.59 Å². The van der Waals surface area contributed by atoms with Gasteiger partial charge in [0.1, 0.15) is 0 Å². The Labute approximate surface area is 161 Å². The summed E-state index contributed by atoms with van der Waals surface area (Å²) in [6, 6.07) is -0.693. The monoisotopic (exact) mass is 369 g/mol. The van der Waals surface area contributed by atoms with Gasteiger partial charge in [-0.3, -0.25) is 5.32 Å². The van der Waals surface area contributed by atoms with E-state index in [-0.39, 0.29) is 12.1 Å². The number of imide groups is 1. The summed E-state index contributed by atoms with van der Waals surface area (Å²) in [6.07, 6.45) is 18.6. The first-order valence-corrected chi connectivity index (χ1v) is 10.7. The van der Waals surface area contributed by atoms with Gasteiger partial charge in [-0.05, 0) is 6.42 Å². The molecule has 0 spiro atoms. The van der Waals surface area contributed by atoms with Crippen LogP contribution in [0, 0.1) is 0 Å². The highest BCUT2D eigenvalue weighted by Crippen LogP contribution is 2.13. The summed E-state index contributed by atoms with van der Waals surface area (Å²) in [5.74, 6) is 0. The molecule has 0 aromatic heterocycles. The zero-order chi connectivity index (χ0) is 19.6. The maximum absolute atomic E-state index is 11.8. The Hall–Kier alpha value is -1.26. The second kappa shape index (κ2) is 17.2. The topological polar surface area (TPSA) is 52.7 Å². The minimum absolute atomic E-state index is 0.321. The molecule has 0 rings (SSSR count). The van der Waals surface area contributed by atoms with E-state index in [2.05, 4.69) is 12.2 Å². The molecule has 5 nitrogen and oxygen atoms in total. The number of hydrogen-bond acceptors (Lipinski definition) is 2. The van der Waals surface area contributed by atoms with Crippen LogP contribution in [0.4, 0.5) is 9.59 Å². The third-order valence-electron chi connectivity index (χ3n) is 4.81. The molecule has 0 bridgehead atoms. The van der Waals surface area contributed by atoms with Gasteiger partial charge in [0.2, 0.25) is 0 Å². The fourth-order valence-electron chi connectivity index (χ4n) is 2.94. The van der Waals surface area contributed by atoms with E-state index in [1.165, 1.54) is 81.9 Å². The van der Waals surface area contributed by atoms with Gasteiger partial charge in [-0.15, -0.1) is 0 Å². The Morgan fingerprint density at radius 3 is 1.38 bits per heavy atom. The second-order valence-corrected chi connectivity index (χ2v) is 7.65. The van der Waals surface area contributed by atoms with Crippen LogP contribution in [0.2, 0.25) is 0 Å². The number of urea groups is 2. The van der Waals surface area contributed by atoms with E-state index >= 15 is 0 Å². The standard InChI is InChI=1S/C21H43N3O2/c1-5-6-7-8-9-10-11-12-13-14-15-16-17-18-19-24(4)21(26)22-20(25)23(2)3/h5-19H2,1-4H3,(H,22,25,26). The van der Waals surface area contributed by atoms with Gasteiger partial charge in [0.25, 0.3) is 0 Å². The van der Waals surface area contributed by atoms with Crippen LogP contribution in [0.15, 0.2) is 0 Å². The number of hydrogen-bond donors (Lipinski definition) is 1. The number of rotatable bonds is 15. The molecule has 5 heteroatoms. The summed E-state index contributed by atoms with van der Waals surface area (Å²) in [5, 5.41) is 2.35. The summed E-state index contributed by atoms with van der Waals surface area (Å²) in [7, 11) is 4.98. The fourth-order valence-corrected chi connectivity index (χ4v) is 2.94. The normalized spacial score (nSPS) is 10.6. The predicted molar refractivity (Wildman–Crippen MR) is 111 cm³/mol. The number of amides is 4. The molecule has 0 fully saturated rings. The molecular weight excluding hydrogens is 326 g/mol. The summed E-state index contributed by atoms with van der Waals surface area (Å²) in [4.78, 5) is 26.2. The van der Waals surface area contributed by atoms with E-state index < -0.39 is 0 Å². The van der Waals surface area contributed by atoms with Crippen molar-refractivity contribution in [2.75, 3.05) is 27.7 Å². The highest BCUT2D eigenvalue weighted by Gasteiger charge is 2.12. The van der Waals surface area contributed by atoms with Crippen LogP contribution < -0.4 is 5.32 Å². The molecule has 0 aliphatic carbocycles. The SMILES string of the molecule is CCCCCCCCCCCCCCCCN(C)C(=O)NC(=O)N(C)C. The van der Waals surface area contributed by atoms with Crippen LogP contribution in [0.3, 0.4) is 0 Å². The van der Waals surface area contributed by atoms with Crippen LogP contribution in [-0.4, -0.2) is 49.5 Å². The smallest absolute Gasteiger partial charge is 0.325 e. The van der Waals surface area contributed by atoms with Gasteiger partial charge < -0.3 is 9.80 Å². The van der Waals surface area contributed by atoms with E-state index in [1.54, 1.807) is 26.0 Å². The first-order valence-electron chi connectivity index (χ1n) is 10.7. The largest absolute Gasteiger partial charge is 0.331 e. The lowest BCUT2D eigenvalue weighted by atomic mass is 10.0. The Morgan fingerprint density at radius 1 is 0.615 bits per heavy atom. The van der Waals surface area contributed by atoms with E-state index in [0.29, 0.717) is 6.54 Å². The van der Waals surface area contributed by atoms with Gasteiger partial charge in [-0.1, -0.05) is 90.4 Å². The molecule has 0 aromatic carbocycles. The Bertz CT molecular complexity index is 359. The molecule has 0 saturated heterocycles. The lowest BCUT2D eigenvalue weighted by Gasteiger charge is -2.19. The van der Waals surface area contributed by atoms with Crippen molar-refractivity contribution >= 4 is 12.1 Å². The molecule has 26 heavy (non-hydrogen) atoms. The number of unbranched alkanes of at least 4 members (excludes halogenated alkanes) is 13. The van der Waals surface area contributed by atoms with Crippen LogP contribution in [0.25, 0.3) is 0 Å². The van der Waals surface area contributed by atoms with Crippen molar-refractivity contribution in [1.29, 1.82) is 0 Å². The molecule has 0 heterocycles. The van der Waals surface area contributed by atoms with Gasteiger partial charge in [-0.2, -0.15) is 0 Å². The van der Waals surface area contributed by atoms with E-state index in [1.807, 2.05) is 0 Å². The molecular formula is C21H43N3O2. The van der Waals surface area contributed by atoms with Gasteiger partial charge in [0.15, 0.2) is 0 Å². The molecule has 4 amide bonds. The average molecular weight is 370 g/mol. The van der Waals surface area contributed by atoms with Crippen LogP contribution in [0.1, 0.15) is 96.8 Å². The molecule has 0 atom stereocenters. The Balaban J connectivity index is 3.35. The maximum Gasteiger partial charge on any atom is 0.325 e. The summed E-state index contributed by atoms with van der Waals surface area (Å²) in [5.41, 5.74) is 0. The molecule has 154 valence electrons. The fraction of sp³-hybridized carbons (Fsp3) is 0.905. The van der Waals surface area contributed by atoms with E-state index in [4.69, 9.17) is 0 Å². The molecule has 0 radical (unpaired) electrons. The molecule has 0 aliphatic rings. The minimum Gasteiger partial charge on any atom is -0.331 e. The second-order valence-electron chi connectivity index (χ2n) is 7.65. The Kier molecular flexibility index (Phi) is 16.3. The van der Waals surface area contributed by atoms with Crippen molar-refractivity contribution in [2.24, 2.45) is 0 Å². The predicted octanol–water partition coefficient (Wildman–Crippen LogP) is 5.79. The van der Waals surface area contributed by atoms with Crippen molar-refractivity contribution in [3.8, 4) is 0 Å². The third-order valence-corrected chi connectivity index (χ3v) is 4.81. The number of nitrogens with zero attached hydrogens (tertiary/aromatic N) is 2. The number of nitrogens with one attached hydrogen (secondary N) is 1. The highest BCUT2D eigenvalue weighted by molar-refractivity contribution is 5.93. The zero-order valence-electron chi connectivity index (χ0n) is 17.8. The van der Waals surface area contributed by atoms with Crippen molar-refractivity contribution in [2.45, 2.75) is 96.8 Å². The number of carbonyl (C=O) groups excluding carboxylic acids is 2. The van der Waals surface area contributed by atoms with Crippen LogP contribution >= 0.6 is 0 Å². The molecule has 0 aliphatic heterocycles. The van der Waals surface area contributed by atoms with Gasteiger partial charge >= 0.3 is 12.1 Å². The summed E-state index contributed by atoms with van der Waals surface area (Å²) in [6.45, 7) is 2.97. The van der Waals surface area contributed by atoms with Crippen LogP contribution in [-0.2, 0) is 0 Å². The molecule has 0 saturated carbocycles. The summed E-state index contributed by atoms with van der Waals surface area (Å²) < 4.78 is 0. The quantitative estimate of drug-likeness (QED) is 0.371. The van der Waals surface area contributed by atoms with Crippen molar-refractivity contribution in [3.05, 3.63) is 0 Å². The average Bonchev–Trinajstić information content (AvgIpc) is 2.61. The minimum atomic E-state index is -0.372. The third kappa shape index (κ3) is 15.0. The Morgan fingerprint density at radius 2 is 1.00 bits per heavy atom. The van der Waals surface area contributed by atoms with Crippen molar-refractivity contribution < 1.29 is 9.59 Å². The highest BCUT2D eigenvalue weighted by atomic mass is 16.2. The lowest BCUT2D eigenvalue weighted by Crippen LogP contribution is -2.45. The molecule has 0 unspecified atom stereocenters. The first-order chi connectivity index (χ1) is 12.5. The van der Waals surface area contributed by atoms with Gasteiger partial charge in [0, 0.05) is 27.7 Å². The maximum atomic E-state index is 11.8. The van der Waals surface area contributed by atoms with Crippen molar-refractivity contribution in [1.82, 2.24) is 15.1 Å². The molecule has 1 N–H and O–H groups in total. The summed E-state index contributed by atoms with van der Waals surface area (Å²) >= 11 is 0. The van der Waals surface area contributed by atoms with E-state index in [9.17, 15) is 9.59 Å². The molecule has 0 aromatic rings. The lowest BCUT2D eigenvalue weighted by molar-refractivity contribution is 0.194. The number of carbonyl (C=O) groups is 2. The zero-order valence-corrected chi connectivity index (χ0v) is 17.8. The van der Waals surface area contributed by atoms with Crippen LogP contribution in [0.5, 0.6) is 0 Å².